The number of carbonyl (C=O) groups is 1. The van der Waals surface area contributed by atoms with E-state index in [0.717, 1.165) is 4.47 Å². The standard InChI is InChI=1S/C21H19Br2N3O5/c1-4-30-20(27)11-31-19-9-16(23)13(7-18(19)29-3)10-24-26-12(2)25-17-6-5-14(22)8-15(17)21(26)28/h5-10H,4,11H2,1-3H3. The number of hydrogen-bond acceptors (Lipinski definition) is 7. The van der Waals surface area contributed by atoms with Crippen LogP contribution in [-0.4, -0.2) is 42.2 Å². The third-order valence-electron chi connectivity index (χ3n) is 4.22. The molecule has 0 fully saturated rings. The molecule has 0 bridgehead atoms. The van der Waals surface area contributed by atoms with Crippen molar-refractivity contribution in [1.82, 2.24) is 9.66 Å². The van der Waals surface area contributed by atoms with E-state index in [0.29, 0.717) is 38.3 Å². The lowest BCUT2D eigenvalue weighted by molar-refractivity contribution is -0.145. The van der Waals surface area contributed by atoms with Crippen LogP contribution in [0.15, 0.2) is 49.2 Å². The van der Waals surface area contributed by atoms with Crippen LogP contribution in [0.5, 0.6) is 11.5 Å². The summed E-state index contributed by atoms with van der Waals surface area (Å²) in [6.45, 7) is 3.47. The Morgan fingerprint density at radius 3 is 2.71 bits per heavy atom. The zero-order valence-electron chi connectivity index (χ0n) is 17.0. The first-order chi connectivity index (χ1) is 14.8. The minimum absolute atomic E-state index is 0.239. The number of halogens is 2. The van der Waals surface area contributed by atoms with Crippen LogP contribution >= 0.6 is 31.9 Å². The van der Waals surface area contributed by atoms with E-state index < -0.39 is 5.97 Å². The molecule has 0 atom stereocenters. The van der Waals surface area contributed by atoms with Crippen LogP contribution in [0.2, 0.25) is 0 Å². The van der Waals surface area contributed by atoms with Crippen LogP contribution in [0.25, 0.3) is 10.9 Å². The van der Waals surface area contributed by atoms with Crippen molar-refractivity contribution in [3.8, 4) is 11.5 Å². The Morgan fingerprint density at radius 2 is 2.00 bits per heavy atom. The van der Waals surface area contributed by atoms with Gasteiger partial charge in [-0.1, -0.05) is 15.9 Å². The normalized spacial score (nSPS) is 11.1. The van der Waals surface area contributed by atoms with E-state index in [1.165, 1.54) is 18.0 Å². The summed E-state index contributed by atoms with van der Waals surface area (Å²) in [6, 6.07) is 8.66. The Morgan fingerprint density at radius 1 is 1.23 bits per heavy atom. The maximum absolute atomic E-state index is 12.9. The molecule has 0 radical (unpaired) electrons. The van der Waals surface area contributed by atoms with Crippen LogP contribution in [-0.2, 0) is 9.53 Å². The monoisotopic (exact) mass is 551 g/mol. The number of esters is 1. The zero-order chi connectivity index (χ0) is 22.5. The minimum Gasteiger partial charge on any atom is -0.493 e. The van der Waals surface area contributed by atoms with Gasteiger partial charge in [0.1, 0.15) is 5.82 Å². The molecule has 0 aliphatic heterocycles. The van der Waals surface area contributed by atoms with Gasteiger partial charge in [-0.3, -0.25) is 4.79 Å². The lowest BCUT2D eigenvalue weighted by Crippen LogP contribution is -2.20. The number of aryl methyl sites for hydroxylation is 1. The van der Waals surface area contributed by atoms with Crippen molar-refractivity contribution in [2.45, 2.75) is 13.8 Å². The SMILES string of the molecule is CCOC(=O)COc1cc(Br)c(C=Nn2c(C)nc3ccc(Br)cc3c2=O)cc1OC. The summed E-state index contributed by atoms with van der Waals surface area (Å²) in [5, 5.41) is 4.78. The highest BCUT2D eigenvalue weighted by Crippen LogP contribution is 2.33. The molecule has 1 aromatic heterocycles. The summed E-state index contributed by atoms with van der Waals surface area (Å²) >= 11 is 6.83. The lowest BCUT2D eigenvalue weighted by Gasteiger charge is -2.12. The molecule has 2 aromatic carbocycles. The van der Waals surface area contributed by atoms with Crippen LogP contribution in [0.3, 0.4) is 0 Å². The summed E-state index contributed by atoms with van der Waals surface area (Å²) in [5.74, 6) is 0.744. The topological polar surface area (TPSA) is 92.0 Å². The second-order valence-corrected chi connectivity index (χ2v) is 8.07. The van der Waals surface area contributed by atoms with Gasteiger partial charge < -0.3 is 14.2 Å². The number of aromatic nitrogens is 2. The smallest absolute Gasteiger partial charge is 0.344 e. The van der Waals surface area contributed by atoms with Crippen molar-refractivity contribution in [3.63, 3.8) is 0 Å². The van der Waals surface area contributed by atoms with Crippen molar-refractivity contribution in [2.75, 3.05) is 20.3 Å². The van der Waals surface area contributed by atoms with E-state index in [9.17, 15) is 9.59 Å². The van der Waals surface area contributed by atoms with Crippen LogP contribution in [0, 0.1) is 6.92 Å². The third-order valence-corrected chi connectivity index (χ3v) is 5.40. The Balaban J connectivity index is 1.94. The van der Waals surface area contributed by atoms with Gasteiger partial charge in [0.15, 0.2) is 18.1 Å². The Kier molecular flexibility index (Phi) is 7.45. The summed E-state index contributed by atoms with van der Waals surface area (Å²) in [7, 11) is 1.49. The van der Waals surface area contributed by atoms with Crippen LogP contribution < -0.4 is 15.0 Å². The van der Waals surface area contributed by atoms with E-state index in [1.54, 1.807) is 38.1 Å². The molecular formula is C21H19Br2N3O5. The van der Waals surface area contributed by atoms with Gasteiger partial charge in [0, 0.05) is 14.5 Å². The maximum atomic E-state index is 12.9. The first kappa shape index (κ1) is 23.0. The predicted octanol–water partition coefficient (Wildman–Crippen LogP) is 4.06. The molecule has 0 saturated heterocycles. The fourth-order valence-electron chi connectivity index (χ4n) is 2.78. The number of hydrogen-bond donors (Lipinski definition) is 0. The molecule has 3 rings (SSSR count). The van der Waals surface area contributed by atoms with Gasteiger partial charge in [-0.05, 0) is 60.1 Å². The first-order valence-corrected chi connectivity index (χ1v) is 10.8. The predicted molar refractivity (Wildman–Crippen MR) is 124 cm³/mol. The van der Waals surface area contributed by atoms with Crippen LogP contribution in [0.4, 0.5) is 0 Å². The number of fused-ring (bicyclic) bond motifs is 1. The maximum Gasteiger partial charge on any atom is 0.344 e. The number of methoxy groups -OCH3 is 1. The summed E-state index contributed by atoms with van der Waals surface area (Å²) in [5.41, 5.74) is 0.960. The molecule has 0 aliphatic carbocycles. The number of benzene rings is 2. The third kappa shape index (κ3) is 5.31. The van der Waals surface area contributed by atoms with Gasteiger partial charge in [-0.15, -0.1) is 0 Å². The molecule has 0 saturated carbocycles. The highest BCUT2D eigenvalue weighted by Gasteiger charge is 2.13. The molecule has 3 aromatic rings. The molecule has 31 heavy (non-hydrogen) atoms. The van der Waals surface area contributed by atoms with E-state index >= 15 is 0 Å². The van der Waals surface area contributed by atoms with Crippen molar-refractivity contribution in [3.05, 3.63) is 61.0 Å². The van der Waals surface area contributed by atoms with Crippen molar-refractivity contribution in [1.29, 1.82) is 0 Å². The fourth-order valence-corrected chi connectivity index (χ4v) is 3.56. The average Bonchev–Trinajstić information content (AvgIpc) is 2.74. The van der Waals surface area contributed by atoms with Gasteiger partial charge in [0.05, 0.1) is 30.8 Å². The summed E-state index contributed by atoms with van der Waals surface area (Å²) in [6.07, 6.45) is 1.52. The zero-order valence-corrected chi connectivity index (χ0v) is 20.2. The van der Waals surface area contributed by atoms with Gasteiger partial charge in [0.2, 0.25) is 0 Å². The first-order valence-electron chi connectivity index (χ1n) is 9.23. The van der Waals surface area contributed by atoms with E-state index in [1.807, 2.05) is 6.07 Å². The highest BCUT2D eigenvalue weighted by atomic mass is 79.9. The molecule has 0 aliphatic rings. The Labute approximate surface area is 195 Å². The second kappa shape index (κ2) is 10.1. The Bertz CT molecular complexity index is 1220. The van der Waals surface area contributed by atoms with Crippen molar-refractivity contribution >= 4 is 54.9 Å². The quantitative estimate of drug-likeness (QED) is 0.324. The lowest BCUT2D eigenvalue weighted by atomic mass is 10.2. The largest absolute Gasteiger partial charge is 0.493 e. The molecule has 0 spiro atoms. The number of rotatable bonds is 7. The Hall–Kier alpha value is -2.72. The van der Waals surface area contributed by atoms with Crippen molar-refractivity contribution < 1.29 is 19.0 Å². The van der Waals surface area contributed by atoms with Gasteiger partial charge in [-0.2, -0.15) is 9.78 Å². The average molecular weight is 553 g/mol. The van der Waals surface area contributed by atoms with E-state index in [2.05, 4.69) is 41.9 Å². The van der Waals surface area contributed by atoms with Gasteiger partial charge >= 0.3 is 5.97 Å². The highest BCUT2D eigenvalue weighted by molar-refractivity contribution is 9.10. The summed E-state index contributed by atoms with van der Waals surface area (Å²) in [4.78, 5) is 28.9. The fraction of sp³-hybridized carbons (Fsp3) is 0.238. The molecule has 0 amide bonds. The second-order valence-electron chi connectivity index (χ2n) is 6.30. The molecule has 1 heterocycles. The summed E-state index contributed by atoms with van der Waals surface area (Å²) < 4.78 is 18.4. The minimum atomic E-state index is -0.475. The van der Waals surface area contributed by atoms with E-state index in [4.69, 9.17) is 14.2 Å². The van der Waals surface area contributed by atoms with Gasteiger partial charge in [0.25, 0.3) is 5.56 Å². The molecule has 0 unspecified atom stereocenters. The molecule has 8 nitrogen and oxygen atoms in total. The van der Waals surface area contributed by atoms with Crippen LogP contribution in [0.1, 0.15) is 18.3 Å². The number of nitrogens with zero attached hydrogens (tertiary/aromatic N) is 3. The van der Waals surface area contributed by atoms with Gasteiger partial charge in [-0.25, -0.2) is 9.78 Å². The molecular weight excluding hydrogens is 534 g/mol. The number of carbonyl (C=O) groups excluding carboxylic acids is 1. The van der Waals surface area contributed by atoms with Crippen molar-refractivity contribution in [2.24, 2.45) is 5.10 Å². The number of ether oxygens (including phenoxy) is 3. The molecule has 0 N–H and O–H groups in total. The molecule has 10 heteroatoms. The molecule has 162 valence electrons. The van der Waals surface area contributed by atoms with E-state index in [-0.39, 0.29) is 18.8 Å².